The van der Waals surface area contributed by atoms with E-state index in [0.29, 0.717) is 11.4 Å². The number of nitrogens with zero attached hydrogens (tertiary/aromatic N) is 2. The number of thiocarbonyl (C=S) groups is 1. The molecule has 1 amide bonds. The molecule has 0 fully saturated rings. The zero-order valence-electron chi connectivity index (χ0n) is 15.7. The minimum atomic E-state index is -1.79. The Morgan fingerprint density at radius 2 is 1.48 bits per heavy atom. The van der Waals surface area contributed by atoms with Crippen molar-refractivity contribution in [1.29, 1.82) is 0 Å². The minimum absolute atomic E-state index is 0.184. The van der Waals surface area contributed by atoms with E-state index in [1.54, 1.807) is 38.1 Å². The van der Waals surface area contributed by atoms with Crippen LogP contribution in [0.15, 0.2) is 64.8 Å². The summed E-state index contributed by atoms with van der Waals surface area (Å²) in [5.41, 5.74) is 2.14. The summed E-state index contributed by atoms with van der Waals surface area (Å²) in [6.45, 7) is 3.47. The molecule has 0 unspecified atom stereocenters. The highest BCUT2D eigenvalue weighted by molar-refractivity contribution is 7.80. The summed E-state index contributed by atoms with van der Waals surface area (Å²) in [5.74, 6) is -0.546. The van der Waals surface area contributed by atoms with Crippen molar-refractivity contribution in [2.24, 2.45) is 16.1 Å². The molecule has 0 aliphatic carbocycles. The van der Waals surface area contributed by atoms with Crippen LogP contribution in [-0.2, 0) is 4.79 Å². The number of benzene rings is 2. The lowest BCUT2D eigenvalue weighted by atomic mass is 10.2. The van der Waals surface area contributed by atoms with Crippen LogP contribution < -0.4 is 16.0 Å². The molecular weight excluding hydrogens is 453 g/mol. The predicted molar refractivity (Wildman–Crippen MR) is 123 cm³/mol. The molecule has 0 spiro atoms. The Hall–Kier alpha value is -1.93. The second-order valence-corrected chi connectivity index (χ2v) is 9.10. The van der Waals surface area contributed by atoms with Gasteiger partial charge in [0.2, 0.25) is 9.70 Å². The Bertz CT molecular complexity index is 854. The van der Waals surface area contributed by atoms with Crippen LogP contribution >= 0.6 is 47.0 Å². The van der Waals surface area contributed by atoms with E-state index >= 15 is 0 Å². The van der Waals surface area contributed by atoms with E-state index in [4.69, 9.17) is 47.0 Å². The fourth-order valence-corrected chi connectivity index (χ4v) is 2.59. The number of anilines is 1. The van der Waals surface area contributed by atoms with Gasteiger partial charge in [-0.25, -0.2) is 0 Å². The molecule has 2 aromatic rings. The lowest BCUT2D eigenvalue weighted by Gasteiger charge is -2.28. The Kier molecular flexibility index (Phi) is 8.64. The molecular formula is C19H20Cl3N5OS. The number of carbonyl (C=O) groups is 1. The van der Waals surface area contributed by atoms with Crippen LogP contribution in [0.25, 0.3) is 0 Å². The van der Waals surface area contributed by atoms with Gasteiger partial charge >= 0.3 is 0 Å². The average molecular weight is 473 g/mol. The van der Waals surface area contributed by atoms with Crippen LogP contribution in [-0.4, -0.2) is 21.0 Å². The number of hydrogen-bond donors (Lipinski definition) is 3. The summed E-state index contributed by atoms with van der Waals surface area (Å²) in [6.07, 6.45) is -0.999. The summed E-state index contributed by atoms with van der Waals surface area (Å²) >= 11 is 23.1. The fraction of sp³-hybridized carbons (Fsp3) is 0.263. The number of hydrogen-bond acceptors (Lipinski definition) is 4. The van der Waals surface area contributed by atoms with Crippen molar-refractivity contribution in [3.8, 4) is 0 Å². The Labute approximate surface area is 190 Å². The summed E-state index contributed by atoms with van der Waals surface area (Å²) in [4.78, 5) is 11.9. The van der Waals surface area contributed by atoms with Crippen LogP contribution in [0.5, 0.6) is 0 Å². The molecule has 2 aromatic carbocycles. The number of carbonyl (C=O) groups excluding carboxylic acids is 1. The van der Waals surface area contributed by atoms with E-state index in [1.165, 1.54) is 0 Å². The first kappa shape index (κ1) is 23.3. The molecule has 0 radical (unpaired) electrons. The number of halogens is 3. The van der Waals surface area contributed by atoms with Crippen molar-refractivity contribution in [2.75, 3.05) is 5.32 Å². The van der Waals surface area contributed by atoms with Gasteiger partial charge in [0, 0.05) is 11.6 Å². The first-order chi connectivity index (χ1) is 13.6. The van der Waals surface area contributed by atoms with Gasteiger partial charge in [0.1, 0.15) is 6.17 Å². The quantitative estimate of drug-likeness (QED) is 0.213. The SMILES string of the molecule is CC(C)C(=O)N[C@@H](NC(=S)Nc1ccc(N=Nc2ccccc2)cc1)C(Cl)(Cl)Cl. The molecule has 2 rings (SSSR count). The number of alkyl halides is 3. The van der Waals surface area contributed by atoms with Gasteiger partial charge in [0.15, 0.2) is 5.11 Å². The van der Waals surface area contributed by atoms with Gasteiger partial charge in [-0.05, 0) is 48.6 Å². The average Bonchev–Trinajstić information content (AvgIpc) is 2.67. The van der Waals surface area contributed by atoms with Gasteiger partial charge in [0.05, 0.1) is 11.4 Å². The number of nitrogens with one attached hydrogen (secondary N) is 3. The van der Waals surface area contributed by atoms with Crippen LogP contribution in [0, 0.1) is 5.92 Å². The molecule has 0 heterocycles. The van der Waals surface area contributed by atoms with Crippen LogP contribution in [0.3, 0.4) is 0 Å². The minimum Gasteiger partial charge on any atom is -0.339 e. The molecule has 0 saturated carbocycles. The topological polar surface area (TPSA) is 77.9 Å². The molecule has 0 saturated heterocycles. The van der Waals surface area contributed by atoms with E-state index in [-0.39, 0.29) is 16.9 Å². The monoisotopic (exact) mass is 471 g/mol. The molecule has 0 aliphatic rings. The number of amides is 1. The van der Waals surface area contributed by atoms with E-state index < -0.39 is 9.96 Å². The van der Waals surface area contributed by atoms with Crippen molar-refractivity contribution < 1.29 is 4.79 Å². The van der Waals surface area contributed by atoms with Gasteiger partial charge in [-0.15, -0.1) is 0 Å². The van der Waals surface area contributed by atoms with E-state index in [0.717, 1.165) is 5.69 Å². The summed E-state index contributed by atoms with van der Waals surface area (Å²) in [7, 11) is 0. The smallest absolute Gasteiger partial charge is 0.228 e. The van der Waals surface area contributed by atoms with Gasteiger partial charge < -0.3 is 16.0 Å². The summed E-state index contributed by atoms with van der Waals surface area (Å²) in [5, 5.41) is 16.9. The van der Waals surface area contributed by atoms with E-state index in [2.05, 4.69) is 26.2 Å². The molecule has 0 aromatic heterocycles. The van der Waals surface area contributed by atoms with Gasteiger partial charge in [-0.1, -0.05) is 66.8 Å². The highest BCUT2D eigenvalue weighted by Crippen LogP contribution is 2.29. The van der Waals surface area contributed by atoms with E-state index in [1.807, 2.05) is 30.3 Å². The number of azo groups is 1. The first-order valence-corrected chi connectivity index (χ1v) is 10.2. The molecule has 0 aliphatic heterocycles. The van der Waals surface area contributed by atoms with Gasteiger partial charge in [0.25, 0.3) is 0 Å². The Morgan fingerprint density at radius 1 is 0.931 bits per heavy atom. The molecule has 29 heavy (non-hydrogen) atoms. The summed E-state index contributed by atoms with van der Waals surface area (Å²) in [6, 6.07) is 16.6. The largest absolute Gasteiger partial charge is 0.339 e. The molecule has 154 valence electrons. The van der Waals surface area contributed by atoms with Crippen molar-refractivity contribution in [3.05, 3.63) is 54.6 Å². The normalized spacial score (nSPS) is 12.6. The molecule has 6 nitrogen and oxygen atoms in total. The van der Waals surface area contributed by atoms with Crippen molar-refractivity contribution in [2.45, 2.75) is 23.8 Å². The standard InChI is InChI=1S/C19H20Cl3N5OS/c1-12(2)16(28)24-17(19(20,21)22)25-18(29)23-13-8-10-15(11-9-13)27-26-14-6-4-3-5-7-14/h3-12,17H,1-2H3,(H,24,28)(H2,23,25,29)/t17-/m0/s1. The lowest BCUT2D eigenvalue weighted by Crippen LogP contribution is -2.56. The predicted octanol–water partition coefficient (Wildman–Crippen LogP) is 5.86. The second-order valence-electron chi connectivity index (χ2n) is 6.32. The third kappa shape index (κ3) is 8.14. The highest BCUT2D eigenvalue weighted by Gasteiger charge is 2.35. The molecule has 10 heteroatoms. The zero-order valence-corrected chi connectivity index (χ0v) is 18.8. The second kappa shape index (κ2) is 10.7. The van der Waals surface area contributed by atoms with Crippen molar-refractivity contribution >= 4 is 75.1 Å². The lowest BCUT2D eigenvalue weighted by molar-refractivity contribution is -0.124. The third-order valence-corrected chi connectivity index (χ3v) is 4.45. The van der Waals surface area contributed by atoms with Crippen LogP contribution in [0.2, 0.25) is 0 Å². The maximum Gasteiger partial charge on any atom is 0.228 e. The Morgan fingerprint density at radius 3 is 2.00 bits per heavy atom. The maximum atomic E-state index is 11.9. The highest BCUT2D eigenvalue weighted by atomic mass is 35.6. The Balaban J connectivity index is 1.96. The van der Waals surface area contributed by atoms with Gasteiger partial charge in [-0.3, -0.25) is 4.79 Å². The summed E-state index contributed by atoms with van der Waals surface area (Å²) < 4.78 is -1.79. The first-order valence-electron chi connectivity index (χ1n) is 8.66. The number of rotatable bonds is 6. The van der Waals surface area contributed by atoms with Crippen LogP contribution in [0.4, 0.5) is 17.1 Å². The fourth-order valence-electron chi connectivity index (χ4n) is 2.03. The third-order valence-electron chi connectivity index (χ3n) is 3.58. The molecule has 0 bridgehead atoms. The zero-order chi connectivity index (χ0) is 21.4. The molecule has 3 N–H and O–H groups in total. The van der Waals surface area contributed by atoms with Gasteiger partial charge in [-0.2, -0.15) is 10.2 Å². The maximum absolute atomic E-state index is 11.9. The van der Waals surface area contributed by atoms with Crippen LogP contribution in [0.1, 0.15) is 13.8 Å². The van der Waals surface area contributed by atoms with Crippen molar-refractivity contribution in [1.82, 2.24) is 10.6 Å². The molecule has 1 atom stereocenters. The van der Waals surface area contributed by atoms with Crippen molar-refractivity contribution in [3.63, 3.8) is 0 Å². The van der Waals surface area contributed by atoms with E-state index in [9.17, 15) is 4.79 Å².